The molecular formula is C22H17BrN4O2S. The van der Waals surface area contributed by atoms with Gasteiger partial charge < -0.3 is 5.32 Å². The van der Waals surface area contributed by atoms with E-state index in [4.69, 9.17) is 0 Å². The Kier molecular flexibility index (Phi) is 5.96. The van der Waals surface area contributed by atoms with Crippen LogP contribution < -0.4 is 10.9 Å². The SMILES string of the molecule is Cc1cc(NC(=O)CSc2nc3ccccc3c(=O)n2-c2cccnc2)ccc1Br. The van der Waals surface area contributed by atoms with Gasteiger partial charge in [-0.05, 0) is 55.0 Å². The number of aromatic nitrogens is 3. The monoisotopic (exact) mass is 480 g/mol. The number of hydrogen-bond donors (Lipinski definition) is 1. The van der Waals surface area contributed by atoms with E-state index in [-0.39, 0.29) is 17.2 Å². The van der Waals surface area contributed by atoms with Crippen LogP contribution in [0.2, 0.25) is 0 Å². The molecule has 0 aliphatic rings. The Hall–Kier alpha value is -2.97. The molecule has 2 heterocycles. The first-order chi connectivity index (χ1) is 14.5. The highest BCUT2D eigenvalue weighted by Crippen LogP contribution is 2.23. The van der Waals surface area contributed by atoms with E-state index in [2.05, 4.69) is 31.2 Å². The third-order valence-corrected chi connectivity index (χ3v) is 6.25. The Morgan fingerprint density at radius 3 is 2.77 bits per heavy atom. The van der Waals surface area contributed by atoms with Crippen molar-refractivity contribution in [3.63, 3.8) is 0 Å². The zero-order chi connectivity index (χ0) is 21.1. The predicted molar refractivity (Wildman–Crippen MR) is 123 cm³/mol. The van der Waals surface area contributed by atoms with Crippen LogP contribution >= 0.6 is 27.7 Å². The van der Waals surface area contributed by atoms with Gasteiger partial charge in [0.15, 0.2) is 5.16 Å². The summed E-state index contributed by atoms with van der Waals surface area (Å²) < 4.78 is 2.48. The summed E-state index contributed by atoms with van der Waals surface area (Å²) >= 11 is 4.66. The molecule has 0 bridgehead atoms. The van der Waals surface area contributed by atoms with Crippen LogP contribution in [0.5, 0.6) is 0 Å². The highest BCUT2D eigenvalue weighted by molar-refractivity contribution is 9.10. The molecular weight excluding hydrogens is 464 g/mol. The van der Waals surface area contributed by atoms with E-state index < -0.39 is 0 Å². The van der Waals surface area contributed by atoms with Crippen molar-refractivity contribution in [2.75, 3.05) is 11.1 Å². The van der Waals surface area contributed by atoms with Crippen LogP contribution in [0.4, 0.5) is 5.69 Å². The number of fused-ring (bicyclic) bond motifs is 1. The van der Waals surface area contributed by atoms with Gasteiger partial charge in [0.2, 0.25) is 5.91 Å². The summed E-state index contributed by atoms with van der Waals surface area (Å²) in [4.78, 5) is 34.4. The molecule has 0 aliphatic heterocycles. The molecule has 0 unspecified atom stereocenters. The second-order valence-corrected chi connectivity index (χ2v) is 8.36. The zero-order valence-electron chi connectivity index (χ0n) is 16.0. The Morgan fingerprint density at radius 2 is 2.00 bits per heavy atom. The van der Waals surface area contributed by atoms with Gasteiger partial charge in [-0.15, -0.1) is 0 Å². The molecule has 4 rings (SSSR count). The number of pyridine rings is 1. The number of nitrogens with zero attached hydrogens (tertiary/aromatic N) is 3. The molecule has 1 amide bonds. The largest absolute Gasteiger partial charge is 0.325 e. The molecule has 0 fully saturated rings. The molecule has 0 atom stereocenters. The number of rotatable bonds is 5. The maximum atomic E-state index is 13.1. The number of nitrogens with one attached hydrogen (secondary N) is 1. The summed E-state index contributed by atoms with van der Waals surface area (Å²) in [6.45, 7) is 1.96. The molecule has 30 heavy (non-hydrogen) atoms. The molecule has 2 aromatic carbocycles. The van der Waals surface area contributed by atoms with Crippen LogP contribution in [-0.4, -0.2) is 26.2 Å². The molecule has 6 nitrogen and oxygen atoms in total. The number of hydrogen-bond acceptors (Lipinski definition) is 5. The maximum Gasteiger partial charge on any atom is 0.266 e. The van der Waals surface area contributed by atoms with Crippen molar-refractivity contribution in [2.24, 2.45) is 0 Å². The smallest absolute Gasteiger partial charge is 0.266 e. The first kappa shape index (κ1) is 20.3. The second-order valence-electron chi connectivity index (χ2n) is 6.56. The Balaban J connectivity index is 1.64. The van der Waals surface area contributed by atoms with E-state index in [0.717, 1.165) is 15.7 Å². The number of anilines is 1. The normalized spacial score (nSPS) is 10.9. The minimum absolute atomic E-state index is 0.111. The predicted octanol–water partition coefficient (Wildman–Crippen LogP) is 4.58. The standard InChI is InChI=1S/C22H17BrN4O2S/c1-14-11-15(8-9-18(14)23)25-20(28)13-30-22-26-19-7-3-2-6-17(19)21(29)27(22)16-5-4-10-24-12-16/h2-12H,13H2,1H3,(H,25,28). The van der Waals surface area contributed by atoms with E-state index in [1.165, 1.54) is 16.3 Å². The van der Waals surface area contributed by atoms with E-state index >= 15 is 0 Å². The molecule has 150 valence electrons. The van der Waals surface area contributed by atoms with Crippen molar-refractivity contribution < 1.29 is 4.79 Å². The summed E-state index contributed by atoms with van der Waals surface area (Å²) in [5, 5.41) is 3.84. The number of carbonyl (C=O) groups is 1. The Bertz CT molecular complexity index is 1290. The van der Waals surface area contributed by atoms with Crippen LogP contribution in [0, 0.1) is 6.92 Å². The molecule has 4 aromatic rings. The van der Waals surface area contributed by atoms with Crippen molar-refractivity contribution in [1.29, 1.82) is 0 Å². The third-order valence-electron chi connectivity index (χ3n) is 4.42. The minimum atomic E-state index is -0.194. The second kappa shape index (κ2) is 8.81. The molecule has 0 radical (unpaired) electrons. The number of halogens is 1. The molecule has 1 N–H and O–H groups in total. The van der Waals surface area contributed by atoms with E-state index in [1.54, 1.807) is 42.7 Å². The van der Waals surface area contributed by atoms with Crippen molar-refractivity contribution in [3.05, 3.63) is 87.4 Å². The maximum absolute atomic E-state index is 13.1. The fourth-order valence-electron chi connectivity index (χ4n) is 2.97. The van der Waals surface area contributed by atoms with Crippen molar-refractivity contribution >= 4 is 50.2 Å². The molecule has 0 saturated carbocycles. The van der Waals surface area contributed by atoms with Gasteiger partial charge in [0, 0.05) is 16.4 Å². The third kappa shape index (κ3) is 4.29. The van der Waals surface area contributed by atoms with Crippen LogP contribution in [0.25, 0.3) is 16.6 Å². The van der Waals surface area contributed by atoms with Gasteiger partial charge in [-0.3, -0.25) is 19.1 Å². The number of benzene rings is 2. The summed E-state index contributed by atoms with van der Waals surface area (Å²) in [6, 6.07) is 16.3. The summed E-state index contributed by atoms with van der Waals surface area (Å²) in [7, 11) is 0. The lowest BCUT2D eigenvalue weighted by Gasteiger charge is -2.13. The summed E-state index contributed by atoms with van der Waals surface area (Å²) in [5.74, 6) is -0.0676. The fraction of sp³-hybridized carbons (Fsp3) is 0.0909. The number of thioether (sulfide) groups is 1. The first-order valence-corrected chi connectivity index (χ1v) is 10.9. The zero-order valence-corrected chi connectivity index (χ0v) is 18.4. The molecule has 0 saturated heterocycles. The minimum Gasteiger partial charge on any atom is -0.325 e. The first-order valence-electron chi connectivity index (χ1n) is 9.14. The van der Waals surface area contributed by atoms with Crippen LogP contribution in [0.1, 0.15) is 5.56 Å². The average molecular weight is 481 g/mol. The summed E-state index contributed by atoms with van der Waals surface area (Å²) in [5.41, 5.74) is 2.75. The van der Waals surface area contributed by atoms with Crippen molar-refractivity contribution in [3.8, 4) is 5.69 Å². The van der Waals surface area contributed by atoms with E-state index in [9.17, 15) is 9.59 Å². The topological polar surface area (TPSA) is 76.9 Å². The van der Waals surface area contributed by atoms with Crippen molar-refractivity contribution in [2.45, 2.75) is 12.1 Å². The van der Waals surface area contributed by atoms with Gasteiger partial charge >= 0.3 is 0 Å². The summed E-state index contributed by atoms with van der Waals surface area (Å²) in [6.07, 6.45) is 3.25. The lowest BCUT2D eigenvalue weighted by Crippen LogP contribution is -2.23. The Morgan fingerprint density at radius 1 is 1.17 bits per heavy atom. The molecule has 0 spiro atoms. The van der Waals surface area contributed by atoms with Crippen LogP contribution in [0.15, 0.2) is 81.4 Å². The fourth-order valence-corrected chi connectivity index (χ4v) is 4.03. The number of carbonyl (C=O) groups excluding carboxylic acids is 1. The molecule has 2 aromatic heterocycles. The molecule has 8 heteroatoms. The van der Waals surface area contributed by atoms with Gasteiger partial charge in [-0.1, -0.05) is 39.8 Å². The lowest BCUT2D eigenvalue weighted by molar-refractivity contribution is -0.113. The highest BCUT2D eigenvalue weighted by Gasteiger charge is 2.15. The quantitative estimate of drug-likeness (QED) is 0.334. The highest BCUT2D eigenvalue weighted by atomic mass is 79.9. The van der Waals surface area contributed by atoms with E-state index in [1.807, 2.05) is 31.2 Å². The van der Waals surface area contributed by atoms with Gasteiger partial charge in [0.1, 0.15) is 0 Å². The number of aryl methyl sites for hydroxylation is 1. The van der Waals surface area contributed by atoms with E-state index in [0.29, 0.717) is 21.7 Å². The van der Waals surface area contributed by atoms with Crippen LogP contribution in [0.3, 0.4) is 0 Å². The lowest BCUT2D eigenvalue weighted by atomic mass is 10.2. The van der Waals surface area contributed by atoms with Gasteiger partial charge in [0.25, 0.3) is 5.56 Å². The van der Waals surface area contributed by atoms with Gasteiger partial charge in [0.05, 0.1) is 28.5 Å². The molecule has 0 aliphatic carbocycles. The van der Waals surface area contributed by atoms with Gasteiger partial charge in [-0.25, -0.2) is 4.98 Å². The van der Waals surface area contributed by atoms with Crippen LogP contribution in [-0.2, 0) is 4.79 Å². The number of para-hydroxylation sites is 1. The van der Waals surface area contributed by atoms with Crippen molar-refractivity contribution in [1.82, 2.24) is 14.5 Å². The van der Waals surface area contributed by atoms with Gasteiger partial charge in [-0.2, -0.15) is 0 Å². The number of amides is 1. The Labute approximate surface area is 185 Å². The average Bonchev–Trinajstić information content (AvgIpc) is 2.75.